The number of guanidine groups is 2. The first-order valence-corrected chi connectivity index (χ1v) is 9.02. The Morgan fingerprint density at radius 1 is 1.00 bits per heavy atom. The number of ether oxygens (including phenoxy) is 1. The highest BCUT2D eigenvalue weighted by atomic mass is 16.5. The molecule has 0 aromatic heterocycles. The van der Waals surface area contributed by atoms with Crippen LogP contribution < -0.4 is 33.0 Å². The molecule has 0 spiro atoms. The third kappa shape index (κ3) is 14.1. The molecule has 0 heterocycles. The van der Waals surface area contributed by atoms with Crippen LogP contribution >= 0.6 is 0 Å². The van der Waals surface area contributed by atoms with E-state index in [1.165, 1.54) is 13.3 Å². The Kier molecular flexibility index (Phi) is 14.9. The topological polar surface area (TPSA) is 174 Å². The zero-order valence-electron chi connectivity index (χ0n) is 16.2. The summed E-state index contributed by atoms with van der Waals surface area (Å²) in [5.74, 6) is 1.39. The molecule has 10 N–H and O–H groups in total. The van der Waals surface area contributed by atoms with E-state index in [1.807, 2.05) is 24.3 Å². The van der Waals surface area contributed by atoms with Crippen molar-refractivity contribution in [3.8, 4) is 5.75 Å². The second-order valence-corrected chi connectivity index (χ2v) is 5.48. The van der Waals surface area contributed by atoms with Gasteiger partial charge in [-0.15, -0.1) is 0 Å². The lowest BCUT2D eigenvalue weighted by molar-refractivity contribution is 0.313. The lowest BCUT2D eigenvalue weighted by Crippen LogP contribution is -2.32. The van der Waals surface area contributed by atoms with E-state index in [2.05, 4.69) is 21.0 Å². The first kappa shape index (κ1) is 24.2. The van der Waals surface area contributed by atoms with Crippen molar-refractivity contribution in [1.82, 2.24) is 5.32 Å². The summed E-state index contributed by atoms with van der Waals surface area (Å²) in [6.45, 7) is 2.64. The van der Waals surface area contributed by atoms with Gasteiger partial charge in [0, 0.05) is 32.3 Å². The summed E-state index contributed by atoms with van der Waals surface area (Å²) in [7, 11) is 1.50. The highest BCUT2D eigenvalue weighted by Gasteiger charge is 1.95. The van der Waals surface area contributed by atoms with Gasteiger partial charge >= 0.3 is 0 Å². The Balaban J connectivity index is 0.00000326. The number of nitrogens with two attached hydrogens (primary N) is 4. The monoisotopic (exact) mass is 378 g/mol. The van der Waals surface area contributed by atoms with Crippen molar-refractivity contribution in [2.75, 3.05) is 33.3 Å². The summed E-state index contributed by atoms with van der Waals surface area (Å²) in [6, 6.07) is 7.40. The van der Waals surface area contributed by atoms with Crippen LogP contribution in [0.4, 0.5) is 0 Å². The summed E-state index contributed by atoms with van der Waals surface area (Å²) < 4.78 is 5.61. The number of nitrogens with zero attached hydrogens (tertiary/aromatic N) is 2. The van der Waals surface area contributed by atoms with Crippen molar-refractivity contribution in [2.45, 2.75) is 25.7 Å². The average molecular weight is 379 g/mol. The van der Waals surface area contributed by atoms with Crippen LogP contribution in [0.2, 0.25) is 0 Å². The summed E-state index contributed by atoms with van der Waals surface area (Å²) in [5.41, 5.74) is 21.7. The van der Waals surface area contributed by atoms with Crippen molar-refractivity contribution in [1.29, 1.82) is 5.41 Å². The number of unbranched alkanes of at least 4 members (excludes halogenated alkanes) is 2. The van der Waals surface area contributed by atoms with Gasteiger partial charge in [0.05, 0.1) is 6.61 Å². The maximum Gasteiger partial charge on any atom is 0.188 e. The predicted octanol–water partition coefficient (Wildman–Crippen LogP) is 0.376. The molecule has 0 amide bonds. The van der Waals surface area contributed by atoms with Crippen molar-refractivity contribution in [3.63, 3.8) is 0 Å². The number of aliphatic imine (C=N–C) groups is 2. The highest BCUT2D eigenvalue weighted by Crippen LogP contribution is 2.11. The zero-order valence-corrected chi connectivity index (χ0v) is 16.2. The van der Waals surface area contributed by atoms with Crippen LogP contribution in [0.15, 0.2) is 34.3 Å². The van der Waals surface area contributed by atoms with Crippen LogP contribution in [-0.2, 0) is 0 Å². The molecule has 152 valence electrons. The molecule has 0 unspecified atom stereocenters. The third-order valence-electron chi connectivity index (χ3n) is 3.34. The normalized spacial score (nSPS) is 10.4. The lowest BCUT2D eigenvalue weighted by atomic mass is 10.2. The Hall–Kier alpha value is -2.81. The minimum absolute atomic E-state index is 0.141. The van der Waals surface area contributed by atoms with Gasteiger partial charge in [-0.05, 0) is 56.1 Å². The van der Waals surface area contributed by atoms with Gasteiger partial charge in [-0.2, -0.15) is 0 Å². The second-order valence-electron chi connectivity index (χ2n) is 5.48. The molecule has 0 aliphatic rings. The molecule has 0 aliphatic carbocycles. The summed E-state index contributed by atoms with van der Waals surface area (Å²) in [5, 5.41) is 10.2. The Bertz CT molecular complexity index is 553. The molecule has 0 saturated carbocycles. The van der Waals surface area contributed by atoms with E-state index in [1.54, 1.807) is 0 Å². The van der Waals surface area contributed by atoms with E-state index in [0.717, 1.165) is 43.5 Å². The fourth-order valence-electron chi connectivity index (χ4n) is 2.01. The lowest BCUT2D eigenvalue weighted by Gasteiger charge is -2.07. The second kappa shape index (κ2) is 16.6. The largest absolute Gasteiger partial charge is 0.494 e. The minimum Gasteiger partial charge on any atom is -0.494 e. The fourth-order valence-corrected chi connectivity index (χ4v) is 2.01. The van der Waals surface area contributed by atoms with Gasteiger partial charge in [-0.1, -0.05) is 0 Å². The zero-order chi connectivity index (χ0) is 20.3. The molecule has 27 heavy (non-hydrogen) atoms. The van der Waals surface area contributed by atoms with E-state index in [-0.39, 0.29) is 5.96 Å². The molecule has 0 radical (unpaired) electrons. The summed E-state index contributed by atoms with van der Waals surface area (Å²) >= 11 is 0. The molecule has 9 nitrogen and oxygen atoms in total. The maximum absolute atomic E-state index is 7.14. The molecular weight excluding hydrogens is 344 g/mol. The Morgan fingerprint density at radius 2 is 1.67 bits per heavy atom. The molecule has 1 rings (SSSR count). The molecular formula is C18H34N8O. The van der Waals surface area contributed by atoms with Gasteiger partial charge in [0.25, 0.3) is 0 Å². The smallest absolute Gasteiger partial charge is 0.188 e. The molecule has 1 aromatic rings. The van der Waals surface area contributed by atoms with Gasteiger partial charge < -0.3 is 38.4 Å². The molecule has 0 bridgehead atoms. The Labute approximate surface area is 161 Å². The van der Waals surface area contributed by atoms with E-state index in [9.17, 15) is 0 Å². The van der Waals surface area contributed by atoms with Crippen molar-refractivity contribution < 1.29 is 4.74 Å². The first-order valence-electron chi connectivity index (χ1n) is 9.02. The van der Waals surface area contributed by atoms with Crippen LogP contribution in [0.1, 0.15) is 31.2 Å². The number of benzene rings is 1. The SMILES string of the molecule is CN.N=Cc1ccc(OCCCN=C(N)NCCCCCN=C(N)N)cc1. The van der Waals surface area contributed by atoms with Crippen LogP contribution in [0.3, 0.4) is 0 Å². The number of rotatable bonds is 12. The average Bonchev–Trinajstić information content (AvgIpc) is 2.68. The van der Waals surface area contributed by atoms with Crippen molar-refractivity contribution in [3.05, 3.63) is 29.8 Å². The van der Waals surface area contributed by atoms with Gasteiger partial charge in [-0.25, -0.2) is 0 Å². The van der Waals surface area contributed by atoms with Gasteiger partial charge in [0.1, 0.15) is 5.75 Å². The van der Waals surface area contributed by atoms with E-state index in [4.69, 9.17) is 27.3 Å². The van der Waals surface area contributed by atoms with Crippen LogP contribution in [-0.4, -0.2) is 51.4 Å². The summed E-state index contributed by atoms with van der Waals surface area (Å²) in [4.78, 5) is 8.19. The maximum atomic E-state index is 7.14. The van der Waals surface area contributed by atoms with Gasteiger partial charge in [0.2, 0.25) is 0 Å². The van der Waals surface area contributed by atoms with E-state index < -0.39 is 0 Å². The van der Waals surface area contributed by atoms with Crippen molar-refractivity contribution in [2.24, 2.45) is 32.9 Å². The number of hydrogen-bond donors (Lipinski definition) is 6. The molecule has 0 aliphatic heterocycles. The highest BCUT2D eigenvalue weighted by molar-refractivity contribution is 5.77. The number of hydrogen-bond acceptors (Lipinski definition) is 5. The molecule has 0 atom stereocenters. The molecule has 1 aromatic carbocycles. The third-order valence-corrected chi connectivity index (χ3v) is 3.34. The Morgan fingerprint density at radius 3 is 2.30 bits per heavy atom. The fraction of sp³-hybridized carbons (Fsp3) is 0.500. The molecule has 0 saturated heterocycles. The molecule has 0 fully saturated rings. The van der Waals surface area contributed by atoms with Crippen LogP contribution in [0, 0.1) is 5.41 Å². The van der Waals surface area contributed by atoms with Crippen LogP contribution in [0.25, 0.3) is 0 Å². The van der Waals surface area contributed by atoms with Gasteiger partial charge in [0.15, 0.2) is 11.9 Å². The standard InChI is InChI=1S/C17H29N7O.CH5N/c18-13-14-5-7-15(8-6-14)25-12-4-11-24-17(21)23-10-3-1-2-9-22-16(19)20;1-2/h5-8,13,18H,1-4,9-12H2,(H4,19,20,22)(H3,21,23,24);2H2,1H3. The first-order chi connectivity index (χ1) is 13.1. The number of nitrogens with one attached hydrogen (secondary N) is 2. The molecule has 9 heteroatoms. The van der Waals surface area contributed by atoms with E-state index >= 15 is 0 Å². The minimum atomic E-state index is 0.141. The quantitative estimate of drug-likeness (QED) is 0.174. The van der Waals surface area contributed by atoms with Crippen molar-refractivity contribution >= 4 is 18.1 Å². The predicted molar refractivity (Wildman–Crippen MR) is 114 cm³/mol. The van der Waals surface area contributed by atoms with Crippen LogP contribution in [0.5, 0.6) is 5.75 Å². The van der Waals surface area contributed by atoms with E-state index in [0.29, 0.717) is 25.7 Å². The summed E-state index contributed by atoms with van der Waals surface area (Å²) in [6.07, 6.45) is 5.06. The van der Waals surface area contributed by atoms with Gasteiger partial charge in [-0.3, -0.25) is 9.98 Å².